The summed E-state index contributed by atoms with van der Waals surface area (Å²) < 4.78 is 6.28. The highest BCUT2D eigenvalue weighted by molar-refractivity contribution is 5.88. The number of methoxy groups -OCH3 is 1. The van der Waals surface area contributed by atoms with Gasteiger partial charge >= 0.3 is 5.97 Å². The van der Waals surface area contributed by atoms with Gasteiger partial charge in [0.2, 0.25) is 0 Å². The van der Waals surface area contributed by atoms with Gasteiger partial charge in [-0.1, -0.05) is 19.1 Å². The van der Waals surface area contributed by atoms with E-state index in [0.717, 1.165) is 0 Å². The molecule has 0 aromatic carbocycles. The van der Waals surface area contributed by atoms with Crippen molar-refractivity contribution < 1.29 is 9.53 Å². The number of aryl methyl sites for hydroxylation is 1. The number of carbonyl (C=O) groups excluding carboxylic acids is 1. The zero-order valence-electron chi connectivity index (χ0n) is 11.2. The number of nitrogens with zero attached hydrogens (tertiary/aromatic N) is 7. The second kappa shape index (κ2) is 5.12. The van der Waals surface area contributed by atoms with E-state index in [4.69, 9.17) is 4.74 Å². The van der Waals surface area contributed by atoms with Crippen LogP contribution < -0.4 is 0 Å². The van der Waals surface area contributed by atoms with Crippen molar-refractivity contribution in [2.45, 2.75) is 26.3 Å². The van der Waals surface area contributed by atoms with E-state index >= 15 is 0 Å². The van der Waals surface area contributed by atoms with E-state index in [9.17, 15) is 4.79 Å². The number of carbonyl (C=O) groups is 1. The second-order valence-corrected chi connectivity index (χ2v) is 4.32. The van der Waals surface area contributed by atoms with Crippen molar-refractivity contribution in [3.8, 4) is 0 Å². The predicted molar refractivity (Wildman–Crippen MR) is 63.4 cm³/mol. The zero-order chi connectivity index (χ0) is 14.0. The van der Waals surface area contributed by atoms with Crippen molar-refractivity contribution in [3.05, 3.63) is 17.2 Å². The quantitative estimate of drug-likeness (QED) is 0.703. The van der Waals surface area contributed by atoms with Gasteiger partial charge in [0.25, 0.3) is 0 Å². The van der Waals surface area contributed by atoms with Gasteiger partial charge in [0.1, 0.15) is 6.54 Å². The van der Waals surface area contributed by atoms with Crippen molar-refractivity contribution in [2.75, 3.05) is 7.11 Å². The molecule has 0 aliphatic rings. The average Bonchev–Trinajstić information content (AvgIpc) is 2.95. The molecule has 102 valence electrons. The van der Waals surface area contributed by atoms with E-state index in [0.29, 0.717) is 18.1 Å². The van der Waals surface area contributed by atoms with Gasteiger partial charge in [0.05, 0.1) is 19.9 Å². The molecule has 9 heteroatoms. The molecular weight excluding hydrogens is 250 g/mol. The fourth-order valence-electron chi connectivity index (χ4n) is 1.77. The summed E-state index contributed by atoms with van der Waals surface area (Å²) in [5.41, 5.74) is 0.917. The first kappa shape index (κ1) is 13.1. The van der Waals surface area contributed by atoms with Crippen LogP contribution in [0, 0.1) is 0 Å². The molecule has 0 spiro atoms. The fraction of sp³-hybridized carbons (Fsp3) is 0.600. The molecule has 0 amide bonds. The van der Waals surface area contributed by atoms with Crippen LogP contribution in [-0.4, -0.2) is 48.3 Å². The van der Waals surface area contributed by atoms with Gasteiger partial charge in [0, 0.05) is 0 Å². The molecule has 19 heavy (non-hydrogen) atoms. The van der Waals surface area contributed by atoms with Gasteiger partial charge in [-0.3, -0.25) is 0 Å². The number of ether oxygens (including phenoxy) is 1. The molecule has 0 unspecified atom stereocenters. The molecule has 2 aromatic rings. The van der Waals surface area contributed by atoms with Crippen LogP contribution >= 0.6 is 0 Å². The summed E-state index contributed by atoms with van der Waals surface area (Å²) in [5.74, 6) is 0.0774. The van der Waals surface area contributed by atoms with Crippen molar-refractivity contribution in [1.82, 2.24) is 35.2 Å². The summed E-state index contributed by atoms with van der Waals surface area (Å²) in [6.07, 6.45) is 0. The largest absolute Gasteiger partial charge is 0.464 e. The minimum absolute atomic E-state index is 0.0702. The van der Waals surface area contributed by atoms with Gasteiger partial charge in [0.15, 0.2) is 11.5 Å². The topological polar surface area (TPSA) is 101 Å². The van der Waals surface area contributed by atoms with E-state index in [1.165, 1.54) is 11.9 Å². The molecule has 0 N–H and O–H groups in total. The molecule has 9 nitrogen and oxygen atoms in total. The maximum atomic E-state index is 11.6. The van der Waals surface area contributed by atoms with Gasteiger partial charge in [-0.15, -0.1) is 15.3 Å². The van der Waals surface area contributed by atoms with Gasteiger partial charge in [-0.2, -0.15) is 4.80 Å². The molecule has 0 radical (unpaired) electrons. The van der Waals surface area contributed by atoms with Crippen molar-refractivity contribution in [1.29, 1.82) is 0 Å². The number of hydrogen-bond acceptors (Lipinski definition) is 7. The van der Waals surface area contributed by atoms with Crippen LogP contribution in [0.25, 0.3) is 0 Å². The lowest BCUT2D eigenvalue weighted by atomic mass is 10.1. The van der Waals surface area contributed by atoms with Crippen LogP contribution in [0.15, 0.2) is 0 Å². The second-order valence-electron chi connectivity index (χ2n) is 4.32. The Bertz CT molecular complexity index is 586. The minimum atomic E-state index is -0.498. The van der Waals surface area contributed by atoms with E-state index in [2.05, 4.69) is 25.7 Å². The van der Waals surface area contributed by atoms with Crippen LogP contribution in [0.1, 0.15) is 41.8 Å². The first-order valence-electron chi connectivity index (χ1n) is 5.77. The van der Waals surface area contributed by atoms with Crippen molar-refractivity contribution in [3.63, 3.8) is 0 Å². The molecule has 0 saturated carbocycles. The van der Waals surface area contributed by atoms with Gasteiger partial charge < -0.3 is 4.74 Å². The van der Waals surface area contributed by atoms with E-state index < -0.39 is 5.97 Å². The van der Waals surface area contributed by atoms with Crippen LogP contribution in [0.5, 0.6) is 0 Å². The number of rotatable bonds is 4. The fourth-order valence-corrected chi connectivity index (χ4v) is 1.77. The summed E-state index contributed by atoms with van der Waals surface area (Å²) in [6.45, 7) is 4.21. The predicted octanol–water partition coefficient (Wildman–Crippen LogP) is -0.240. The summed E-state index contributed by atoms with van der Waals surface area (Å²) in [7, 11) is 3.00. The highest BCUT2D eigenvalue weighted by Gasteiger charge is 2.23. The molecule has 0 aliphatic carbocycles. The van der Waals surface area contributed by atoms with Crippen molar-refractivity contribution >= 4 is 5.97 Å². The monoisotopic (exact) mass is 265 g/mol. The maximum Gasteiger partial charge on any atom is 0.360 e. The molecule has 2 rings (SSSR count). The molecule has 0 fully saturated rings. The Balaban J connectivity index is 2.35. The van der Waals surface area contributed by atoms with E-state index in [-0.39, 0.29) is 11.6 Å². The SMILES string of the molecule is COC(=O)c1nnn(Cc2nnn(C)n2)c1C(C)C. The molecule has 2 aromatic heterocycles. The van der Waals surface area contributed by atoms with Gasteiger partial charge in [-0.25, -0.2) is 9.48 Å². The number of aromatic nitrogens is 7. The first-order valence-corrected chi connectivity index (χ1v) is 5.77. The minimum Gasteiger partial charge on any atom is -0.464 e. The lowest BCUT2D eigenvalue weighted by Gasteiger charge is -2.08. The Hall–Kier alpha value is -2.32. The first-order chi connectivity index (χ1) is 9.02. The molecular formula is C10H15N7O2. The lowest BCUT2D eigenvalue weighted by molar-refractivity contribution is 0.0592. The normalized spacial score (nSPS) is 11.0. The van der Waals surface area contributed by atoms with Crippen LogP contribution in [0.2, 0.25) is 0 Å². The van der Waals surface area contributed by atoms with Crippen LogP contribution in [-0.2, 0) is 18.3 Å². The maximum absolute atomic E-state index is 11.6. The summed E-state index contributed by atoms with van der Waals surface area (Å²) >= 11 is 0. The lowest BCUT2D eigenvalue weighted by Crippen LogP contribution is -2.12. The van der Waals surface area contributed by atoms with Gasteiger partial charge in [-0.05, 0) is 11.1 Å². The van der Waals surface area contributed by atoms with Crippen LogP contribution in [0.4, 0.5) is 0 Å². The molecule has 0 aliphatic heterocycles. The number of tetrazole rings is 1. The highest BCUT2D eigenvalue weighted by Crippen LogP contribution is 2.18. The highest BCUT2D eigenvalue weighted by atomic mass is 16.5. The third-order valence-corrected chi connectivity index (χ3v) is 2.54. The summed E-state index contributed by atoms with van der Waals surface area (Å²) in [6, 6.07) is 0. The third-order valence-electron chi connectivity index (χ3n) is 2.54. The van der Waals surface area contributed by atoms with Crippen LogP contribution in [0.3, 0.4) is 0 Å². The smallest absolute Gasteiger partial charge is 0.360 e. The Kier molecular flexibility index (Phi) is 3.54. The molecule has 2 heterocycles. The standard InChI is InChI=1S/C10H15N7O2/c1-6(2)9-8(10(18)19-4)12-15-17(9)5-7-11-14-16(3)13-7/h6H,5H2,1-4H3. The summed E-state index contributed by atoms with van der Waals surface area (Å²) in [5, 5.41) is 19.5. The molecule has 0 saturated heterocycles. The molecule has 0 bridgehead atoms. The average molecular weight is 265 g/mol. The Morgan fingerprint density at radius 2 is 2.05 bits per heavy atom. The van der Waals surface area contributed by atoms with Crippen molar-refractivity contribution in [2.24, 2.45) is 7.05 Å². The molecule has 0 atom stereocenters. The zero-order valence-corrected chi connectivity index (χ0v) is 11.2. The summed E-state index contributed by atoms with van der Waals surface area (Å²) in [4.78, 5) is 13.0. The number of esters is 1. The Morgan fingerprint density at radius 3 is 2.58 bits per heavy atom. The van der Waals surface area contributed by atoms with E-state index in [1.807, 2.05) is 13.8 Å². The third kappa shape index (κ3) is 2.59. The Labute approximate surface area is 109 Å². The Morgan fingerprint density at radius 1 is 1.32 bits per heavy atom. The number of hydrogen-bond donors (Lipinski definition) is 0. The van der Waals surface area contributed by atoms with E-state index in [1.54, 1.807) is 11.7 Å².